The third-order valence-electron chi connectivity index (χ3n) is 4.53. The highest BCUT2D eigenvalue weighted by atomic mass is 16.2. The number of nitrogens with zero attached hydrogens (tertiary/aromatic N) is 3. The normalized spacial score (nSPS) is 17.2. The summed E-state index contributed by atoms with van der Waals surface area (Å²) in [4.78, 5) is 23.2. The smallest absolute Gasteiger partial charge is 0.224 e. The van der Waals surface area contributed by atoms with Gasteiger partial charge in [0.25, 0.3) is 0 Å². The quantitative estimate of drug-likeness (QED) is 0.780. The molecule has 0 spiro atoms. The molecule has 4 rings (SSSR count). The zero-order chi connectivity index (χ0) is 17.1. The van der Waals surface area contributed by atoms with Crippen molar-refractivity contribution in [2.75, 3.05) is 18.4 Å². The van der Waals surface area contributed by atoms with Crippen LogP contribution in [0.2, 0.25) is 0 Å². The lowest BCUT2D eigenvalue weighted by Gasteiger charge is -2.17. The molecule has 1 fully saturated rings. The number of likely N-dealkylation sites (tertiary alicyclic amines) is 1. The average molecular weight is 332 g/mol. The summed E-state index contributed by atoms with van der Waals surface area (Å²) in [5.41, 5.74) is 2.99. The van der Waals surface area contributed by atoms with Gasteiger partial charge in [-0.25, -0.2) is 4.98 Å². The Morgan fingerprint density at radius 3 is 2.64 bits per heavy atom. The van der Waals surface area contributed by atoms with Crippen LogP contribution in [-0.4, -0.2) is 39.9 Å². The summed E-state index contributed by atoms with van der Waals surface area (Å²) in [5.74, 6) is 0.920. The molecule has 1 N–H and O–H groups in total. The van der Waals surface area contributed by atoms with Crippen molar-refractivity contribution in [1.29, 1.82) is 0 Å². The minimum atomic E-state index is 0.0822. The molecule has 1 atom stereocenters. The number of amides is 1. The van der Waals surface area contributed by atoms with Crippen molar-refractivity contribution < 1.29 is 4.79 Å². The van der Waals surface area contributed by atoms with Gasteiger partial charge in [0.2, 0.25) is 5.91 Å². The summed E-state index contributed by atoms with van der Waals surface area (Å²) in [6.45, 7) is 1.46. The molecular formula is C20H20N4O. The fourth-order valence-electron chi connectivity index (χ4n) is 3.23. The van der Waals surface area contributed by atoms with Crippen LogP contribution < -0.4 is 5.32 Å². The van der Waals surface area contributed by atoms with Crippen LogP contribution in [0.15, 0.2) is 60.8 Å². The van der Waals surface area contributed by atoms with Crippen molar-refractivity contribution in [2.24, 2.45) is 0 Å². The number of hydrogen-bond donors (Lipinski definition) is 1. The van der Waals surface area contributed by atoms with Crippen LogP contribution in [-0.2, 0) is 11.2 Å². The van der Waals surface area contributed by atoms with E-state index in [1.807, 2.05) is 47.4 Å². The third-order valence-corrected chi connectivity index (χ3v) is 4.53. The molecule has 1 amide bonds. The summed E-state index contributed by atoms with van der Waals surface area (Å²) < 4.78 is 0. The van der Waals surface area contributed by atoms with Crippen LogP contribution in [0.4, 0.5) is 5.82 Å². The Kier molecular flexibility index (Phi) is 4.29. The molecule has 2 heterocycles. The number of anilines is 1. The molecule has 0 radical (unpaired) electrons. The van der Waals surface area contributed by atoms with Gasteiger partial charge in [0.1, 0.15) is 5.82 Å². The number of para-hydroxylation sites is 2. The molecule has 1 saturated heterocycles. The van der Waals surface area contributed by atoms with E-state index < -0.39 is 0 Å². The summed E-state index contributed by atoms with van der Waals surface area (Å²) in [5, 5.41) is 3.36. The van der Waals surface area contributed by atoms with Gasteiger partial charge in [-0.05, 0) is 24.1 Å². The maximum absolute atomic E-state index is 12.3. The van der Waals surface area contributed by atoms with Gasteiger partial charge in [-0.2, -0.15) is 0 Å². The maximum atomic E-state index is 12.3. The number of rotatable bonds is 5. The van der Waals surface area contributed by atoms with Crippen LogP contribution in [0.3, 0.4) is 0 Å². The summed E-state index contributed by atoms with van der Waals surface area (Å²) in [7, 11) is 0. The Morgan fingerprint density at radius 2 is 1.80 bits per heavy atom. The van der Waals surface area contributed by atoms with Gasteiger partial charge in [0.05, 0.1) is 23.3 Å². The van der Waals surface area contributed by atoms with E-state index in [1.54, 1.807) is 6.20 Å². The number of nitrogens with one attached hydrogen (secondary N) is 1. The van der Waals surface area contributed by atoms with Crippen LogP contribution in [0, 0.1) is 0 Å². The van der Waals surface area contributed by atoms with Crippen molar-refractivity contribution >= 4 is 22.8 Å². The van der Waals surface area contributed by atoms with Gasteiger partial charge < -0.3 is 10.2 Å². The van der Waals surface area contributed by atoms with Crippen LogP contribution in [0.25, 0.3) is 11.0 Å². The lowest BCUT2D eigenvalue weighted by atomic mass is 10.1. The van der Waals surface area contributed by atoms with E-state index in [-0.39, 0.29) is 11.9 Å². The molecule has 0 aliphatic carbocycles. The molecule has 1 aromatic heterocycles. The number of fused-ring (bicyclic) bond motifs is 1. The minimum Gasteiger partial charge on any atom is -0.364 e. The fraction of sp³-hybridized carbons (Fsp3) is 0.250. The lowest BCUT2D eigenvalue weighted by Crippen LogP contribution is -2.30. The fourth-order valence-corrected chi connectivity index (χ4v) is 3.23. The molecule has 0 bridgehead atoms. The number of carbonyl (C=O) groups is 1. The zero-order valence-corrected chi connectivity index (χ0v) is 13.9. The van der Waals surface area contributed by atoms with Crippen molar-refractivity contribution in [2.45, 2.75) is 18.9 Å². The van der Waals surface area contributed by atoms with E-state index in [0.29, 0.717) is 13.0 Å². The third kappa shape index (κ3) is 3.60. The van der Waals surface area contributed by atoms with Crippen LogP contribution in [0.5, 0.6) is 0 Å². The summed E-state index contributed by atoms with van der Waals surface area (Å²) in [6, 6.07) is 18.1. The molecule has 5 nitrogen and oxygen atoms in total. The number of carbonyl (C=O) groups excluding carboxylic acids is 1. The zero-order valence-electron chi connectivity index (χ0n) is 13.9. The monoisotopic (exact) mass is 332 g/mol. The number of benzene rings is 2. The number of hydrogen-bond acceptors (Lipinski definition) is 4. The molecule has 0 saturated carbocycles. The van der Waals surface area contributed by atoms with E-state index in [4.69, 9.17) is 0 Å². The van der Waals surface area contributed by atoms with Crippen LogP contribution >= 0.6 is 0 Å². The highest BCUT2D eigenvalue weighted by Crippen LogP contribution is 2.18. The SMILES string of the molecule is O=C1C[C@@H](Nc2cnc3ccccc3n2)CN1CCc1ccccc1. The molecule has 1 aliphatic rings. The maximum Gasteiger partial charge on any atom is 0.224 e. The Morgan fingerprint density at radius 1 is 1.04 bits per heavy atom. The molecule has 5 heteroatoms. The van der Waals surface area contributed by atoms with E-state index in [1.165, 1.54) is 5.56 Å². The highest BCUT2D eigenvalue weighted by Gasteiger charge is 2.29. The molecule has 3 aromatic rings. The Hall–Kier alpha value is -2.95. The first-order valence-corrected chi connectivity index (χ1v) is 8.58. The van der Waals surface area contributed by atoms with Crippen molar-refractivity contribution in [3.63, 3.8) is 0 Å². The van der Waals surface area contributed by atoms with Gasteiger partial charge in [-0.1, -0.05) is 42.5 Å². The molecule has 1 aliphatic heterocycles. The number of aromatic nitrogens is 2. The van der Waals surface area contributed by atoms with Gasteiger partial charge in [-0.15, -0.1) is 0 Å². The standard InChI is InChI=1S/C20H20N4O/c25-20-12-16(14-24(20)11-10-15-6-2-1-3-7-15)22-19-13-21-17-8-4-5-9-18(17)23-19/h1-9,13,16H,10-12,14H2,(H,22,23)/t16-/m1/s1. The van der Waals surface area contributed by atoms with Gasteiger partial charge in [-0.3, -0.25) is 9.78 Å². The average Bonchev–Trinajstić information content (AvgIpc) is 3.00. The topological polar surface area (TPSA) is 58.1 Å². The second-order valence-corrected chi connectivity index (χ2v) is 6.36. The van der Waals surface area contributed by atoms with E-state index in [2.05, 4.69) is 27.4 Å². The summed E-state index contributed by atoms with van der Waals surface area (Å²) in [6.07, 6.45) is 3.12. The molecule has 25 heavy (non-hydrogen) atoms. The second kappa shape index (κ2) is 6.89. The van der Waals surface area contributed by atoms with E-state index >= 15 is 0 Å². The molecule has 126 valence electrons. The molecular weight excluding hydrogens is 312 g/mol. The predicted molar refractivity (Wildman–Crippen MR) is 98.3 cm³/mol. The second-order valence-electron chi connectivity index (χ2n) is 6.36. The Labute approximate surface area is 146 Å². The van der Waals surface area contributed by atoms with Gasteiger partial charge in [0.15, 0.2) is 0 Å². The lowest BCUT2D eigenvalue weighted by molar-refractivity contribution is -0.127. The predicted octanol–water partition coefficient (Wildman–Crippen LogP) is 2.89. The minimum absolute atomic E-state index is 0.0822. The van der Waals surface area contributed by atoms with Crippen molar-refractivity contribution in [1.82, 2.24) is 14.9 Å². The largest absolute Gasteiger partial charge is 0.364 e. The first-order chi connectivity index (χ1) is 12.3. The molecule has 0 unspecified atom stereocenters. The van der Waals surface area contributed by atoms with E-state index in [0.717, 1.165) is 29.8 Å². The Bertz CT molecular complexity index is 881. The Balaban J connectivity index is 1.38. The van der Waals surface area contributed by atoms with Crippen LogP contribution in [0.1, 0.15) is 12.0 Å². The van der Waals surface area contributed by atoms with Crippen molar-refractivity contribution in [3.8, 4) is 0 Å². The van der Waals surface area contributed by atoms with Gasteiger partial charge in [0, 0.05) is 19.5 Å². The first-order valence-electron chi connectivity index (χ1n) is 8.58. The first kappa shape index (κ1) is 15.6. The molecule has 2 aromatic carbocycles. The van der Waals surface area contributed by atoms with Gasteiger partial charge >= 0.3 is 0 Å². The highest BCUT2D eigenvalue weighted by molar-refractivity contribution is 5.80. The summed E-state index contributed by atoms with van der Waals surface area (Å²) >= 11 is 0. The van der Waals surface area contributed by atoms with Crippen molar-refractivity contribution in [3.05, 3.63) is 66.4 Å². The van der Waals surface area contributed by atoms with E-state index in [9.17, 15) is 4.79 Å².